The van der Waals surface area contributed by atoms with E-state index < -0.39 is 16.7 Å². The van der Waals surface area contributed by atoms with Crippen molar-refractivity contribution in [3.8, 4) is 0 Å². The van der Waals surface area contributed by atoms with Crippen LogP contribution in [0.2, 0.25) is 0 Å². The van der Waals surface area contributed by atoms with Crippen molar-refractivity contribution < 1.29 is 18.1 Å². The number of halogens is 3. The van der Waals surface area contributed by atoms with Crippen molar-refractivity contribution in [1.29, 1.82) is 0 Å². The van der Waals surface area contributed by atoms with Gasteiger partial charge in [-0.3, -0.25) is 10.1 Å². The molecule has 3 nitrogen and oxygen atoms in total. The molecule has 0 unspecified atom stereocenters. The van der Waals surface area contributed by atoms with Crippen LogP contribution in [0.5, 0.6) is 0 Å². The molecule has 0 saturated carbocycles. The lowest BCUT2D eigenvalue weighted by Gasteiger charge is -2.06. The van der Waals surface area contributed by atoms with Gasteiger partial charge in [0, 0.05) is 6.08 Å². The topological polar surface area (TPSA) is 43.1 Å². The summed E-state index contributed by atoms with van der Waals surface area (Å²) in [5, 5.41) is 11.1. The van der Waals surface area contributed by atoms with Crippen molar-refractivity contribution in [2.24, 2.45) is 0 Å². The van der Waals surface area contributed by atoms with Gasteiger partial charge >= 0.3 is 6.18 Å². The van der Waals surface area contributed by atoms with Gasteiger partial charge in [-0.15, -0.1) is 0 Å². The van der Waals surface area contributed by atoms with Crippen LogP contribution in [0.3, 0.4) is 0 Å². The van der Waals surface area contributed by atoms with E-state index in [4.69, 9.17) is 0 Å². The van der Waals surface area contributed by atoms with E-state index in [9.17, 15) is 23.3 Å². The number of benzene rings is 2. The van der Waals surface area contributed by atoms with E-state index >= 15 is 0 Å². The average Bonchev–Trinajstić information content (AvgIpc) is 2.45. The van der Waals surface area contributed by atoms with Crippen LogP contribution in [0.25, 0.3) is 11.8 Å². The molecule has 108 valence electrons. The molecule has 0 saturated heterocycles. The van der Waals surface area contributed by atoms with E-state index in [-0.39, 0.29) is 5.70 Å². The highest BCUT2D eigenvalue weighted by Crippen LogP contribution is 2.29. The Morgan fingerprint density at radius 2 is 1.57 bits per heavy atom. The van der Waals surface area contributed by atoms with E-state index in [1.807, 2.05) is 0 Å². The maximum Gasteiger partial charge on any atom is 0.416 e. The summed E-state index contributed by atoms with van der Waals surface area (Å²) in [5.41, 5.74) is -0.238. The van der Waals surface area contributed by atoms with Gasteiger partial charge < -0.3 is 0 Å². The molecule has 2 rings (SSSR count). The van der Waals surface area contributed by atoms with Crippen LogP contribution in [0, 0.1) is 10.1 Å². The highest BCUT2D eigenvalue weighted by Gasteiger charge is 2.29. The number of nitrogens with zero attached hydrogens (tertiary/aromatic N) is 1. The first-order valence-electron chi connectivity index (χ1n) is 5.97. The summed E-state index contributed by atoms with van der Waals surface area (Å²) in [6, 6.07) is 12.4. The Bertz CT molecular complexity index is 662. The van der Waals surface area contributed by atoms with Crippen LogP contribution < -0.4 is 0 Å². The zero-order valence-electron chi connectivity index (χ0n) is 10.7. The Morgan fingerprint density at radius 1 is 1.00 bits per heavy atom. The number of nitro groups is 1. The van der Waals surface area contributed by atoms with Crippen molar-refractivity contribution in [3.63, 3.8) is 0 Å². The second-order valence-electron chi connectivity index (χ2n) is 4.27. The van der Waals surface area contributed by atoms with Gasteiger partial charge in [-0.2, -0.15) is 13.2 Å². The maximum atomic E-state index is 12.5. The molecule has 2 aromatic rings. The van der Waals surface area contributed by atoms with Crippen molar-refractivity contribution in [2.75, 3.05) is 0 Å². The summed E-state index contributed by atoms with van der Waals surface area (Å²) < 4.78 is 37.4. The third-order valence-electron chi connectivity index (χ3n) is 2.81. The standard InChI is InChI=1S/C15H10F3NO2/c16-15(17,18)13-8-6-11(7-9-13)10-14(19(20)21)12-4-2-1-3-5-12/h1-10H. The summed E-state index contributed by atoms with van der Waals surface area (Å²) in [5.74, 6) is 0. The molecular weight excluding hydrogens is 283 g/mol. The summed E-state index contributed by atoms with van der Waals surface area (Å²) in [6.45, 7) is 0. The largest absolute Gasteiger partial charge is 0.416 e. The fourth-order valence-electron chi connectivity index (χ4n) is 1.78. The van der Waals surface area contributed by atoms with Gasteiger partial charge in [0.05, 0.1) is 16.1 Å². The third kappa shape index (κ3) is 3.68. The van der Waals surface area contributed by atoms with Gasteiger partial charge in [-0.05, 0) is 29.8 Å². The predicted octanol–water partition coefficient (Wildman–Crippen LogP) is 4.48. The Labute approximate surface area is 118 Å². The first-order chi connectivity index (χ1) is 9.88. The number of hydrogen-bond acceptors (Lipinski definition) is 2. The molecule has 0 atom stereocenters. The van der Waals surface area contributed by atoms with Gasteiger partial charge in [0.25, 0.3) is 5.70 Å². The quantitative estimate of drug-likeness (QED) is 0.475. The smallest absolute Gasteiger partial charge is 0.258 e. The van der Waals surface area contributed by atoms with Gasteiger partial charge in [0.15, 0.2) is 0 Å². The Morgan fingerprint density at radius 3 is 2.05 bits per heavy atom. The summed E-state index contributed by atoms with van der Waals surface area (Å²) in [7, 11) is 0. The van der Waals surface area contributed by atoms with Crippen molar-refractivity contribution in [2.45, 2.75) is 6.18 Å². The van der Waals surface area contributed by atoms with Crippen molar-refractivity contribution >= 4 is 11.8 Å². The molecule has 0 N–H and O–H groups in total. The summed E-state index contributed by atoms with van der Waals surface area (Å²) >= 11 is 0. The second kappa shape index (κ2) is 5.78. The van der Waals surface area contributed by atoms with Crippen LogP contribution in [-0.4, -0.2) is 4.92 Å². The minimum Gasteiger partial charge on any atom is -0.258 e. The Kier molecular flexibility index (Phi) is 4.07. The molecule has 21 heavy (non-hydrogen) atoms. The predicted molar refractivity (Wildman–Crippen MR) is 72.8 cm³/mol. The lowest BCUT2D eigenvalue weighted by atomic mass is 10.1. The minimum absolute atomic E-state index is 0.171. The third-order valence-corrected chi connectivity index (χ3v) is 2.81. The number of alkyl halides is 3. The molecule has 0 radical (unpaired) electrons. The molecule has 0 aliphatic carbocycles. The maximum absolute atomic E-state index is 12.5. The fourth-order valence-corrected chi connectivity index (χ4v) is 1.78. The zero-order valence-corrected chi connectivity index (χ0v) is 10.7. The molecular formula is C15H10F3NO2. The Hall–Kier alpha value is -2.63. The highest BCUT2D eigenvalue weighted by molar-refractivity contribution is 5.76. The van der Waals surface area contributed by atoms with Crippen LogP contribution in [-0.2, 0) is 6.18 Å². The van der Waals surface area contributed by atoms with E-state index in [1.54, 1.807) is 30.3 Å². The fraction of sp³-hybridized carbons (Fsp3) is 0.0667. The normalized spacial score (nSPS) is 12.2. The molecule has 0 heterocycles. The van der Waals surface area contributed by atoms with Gasteiger partial charge in [-0.25, -0.2) is 0 Å². The van der Waals surface area contributed by atoms with Crippen molar-refractivity contribution in [1.82, 2.24) is 0 Å². The second-order valence-corrected chi connectivity index (χ2v) is 4.27. The monoisotopic (exact) mass is 293 g/mol. The van der Waals surface area contributed by atoms with Crippen LogP contribution in [0.4, 0.5) is 13.2 Å². The number of rotatable bonds is 3. The average molecular weight is 293 g/mol. The SMILES string of the molecule is O=[N+]([O-])C(=Cc1ccc(C(F)(F)F)cc1)c1ccccc1. The molecule has 0 aromatic heterocycles. The first-order valence-corrected chi connectivity index (χ1v) is 5.97. The molecule has 0 amide bonds. The van der Waals surface area contributed by atoms with E-state index in [0.29, 0.717) is 11.1 Å². The molecule has 0 aliphatic heterocycles. The molecule has 0 aliphatic rings. The van der Waals surface area contributed by atoms with Crippen molar-refractivity contribution in [3.05, 3.63) is 81.4 Å². The molecule has 2 aromatic carbocycles. The summed E-state index contributed by atoms with van der Waals surface area (Å²) in [4.78, 5) is 10.5. The Balaban J connectivity index is 2.38. The first kappa shape index (κ1) is 14.8. The van der Waals surface area contributed by atoms with E-state index in [0.717, 1.165) is 12.1 Å². The number of hydrogen-bond donors (Lipinski definition) is 0. The molecule has 0 spiro atoms. The van der Waals surface area contributed by atoms with Crippen LogP contribution in [0.15, 0.2) is 54.6 Å². The van der Waals surface area contributed by atoms with Gasteiger partial charge in [-0.1, -0.05) is 30.3 Å². The van der Waals surface area contributed by atoms with Gasteiger partial charge in [0.2, 0.25) is 0 Å². The van der Waals surface area contributed by atoms with Crippen LogP contribution >= 0.6 is 0 Å². The summed E-state index contributed by atoms with van der Waals surface area (Å²) in [6.07, 6.45) is -3.18. The minimum atomic E-state index is -4.42. The van der Waals surface area contributed by atoms with E-state index in [2.05, 4.69) is 0 Å². The van der Waals surface area contributed by atoms with E-state index in [1.165, 1.54) is 18.2 Å². The zero-order chi connectivity index (χ0) is 15.5. The lowest BCUT2D eigenvalue weighted by Crippen LogP contribution is -2.04. The highest BCUT2D eigenvalue weighted by atomic mass is 19.4. The molecule has 0 bridgehead atoms. The molecule has 6 heteroatoms. The van der Waals surface area contributed by atoms with Crippen LogP contribution in [0.1, 0.15) is 16.7 Å². The van der Waals surface area contributed by atoms with Gasteiger partial charge in [0.1, 0.15) is 0 Å². The molecule has 0 fully saturated rings. The lowest BCUT2D eigenvalue weighted by molar-refractivity contribution is -0.374.